The second-order valence-corrected chi connectivity index (χ2v) is 5.21. The Balaban J connectivity index is 2.28. The van der Waals surface area contributed by atoms with Crippen molar-refractivity contribution in [2.75, 3.05) is 38.3 Å². The number of rotatable bonds is 7. The van der Waals surface area contributed by atoms with Gasteiger partial charge in [-0.05, 0) is 37.8 Å². The predicted molar refractivity (Wildman–Crippen MR) is 64.0 cm³/mol. The third kappa shape index (κ3) is 3.79. The largest absolute Gasteiger partial charge is 0.381 e. The first-order valence-corrected chi connectivity index (χ1v) is 7.00. The van der Waals surface area contributed by atoms with Crippen molar-refractivity contribution in [1.82, 2.24) is 5.32 Å². The lowest BCUT2D eigenvalue weighted by atomic mass is 9.84. The van der Waals surface area contributed by atoms with Gasteiger partial charge in [0.25, 0.3) is 0 Å². The Kier molecular flexibility index (Phi) is 5.90. The van der Waals surface area contributed by atoms with E-state index in [2.05, 4.69) is 18.5 Å². The Morgan fingerprint density at radius 2 is 2.36 bits per heavy atom. The minimum absolute atomic E-state index is 0.443. The van der Waals surface area contributed by atoms with Crippen molar-refractivity contribution < 1.29 is 4.74 Å². The summed E-state index contributed by atoms with van der Waals surface area (Å²) >= 11 is 1.94. The van der Waals surface area contributed by atoms with Gasteiger partial charge in [-0.15, -0.1) is 0 Å². The maximum Gasteiger partial charge on any atom is 0.0535 e. The molecule has 1 fully saturated rings. The van der Waals surface area contributed by atoms with E-state index in [1.165, 1.54) is 25.0 Å². The molecule has 0 bridgehead atoms. The van der Waals surface area contributed by atoms with Crippen LogP contribution in [-0.4, -0.2) is 38.3 Å². The minimum Gasteiger partial charge on any atom is -0.381 e. The van der Waals surface area contributed by atoms with E-state index >= 15 is 0 Å². The summed E-state index contributed by atoms with van der Waals surface area (Å²) in [6, 6.07) is 0. The first kappa shape index (κ1) is 12.3. The van der Waals surface area contributed by atoms with Gasteiger partial charge in [-0.25, -0.2) is 0 Å². The van der Waals surface area contributed by atoms with Crippen molar-refractivity contribution >= 4 is 11.8 Å². The first-order valence-electron chi connectivity index (χ1n) is 5.60. The van der Waals surface area contributed by atoms with Gasteiger partial charge in [-0.3, -0.25) is 0 Å². The average Bonchev–Trinajstić information content (AvgIpc) is 2.65. The van der Waals surface area contributed by atoms with Gasteiger partial charge >= 0.3 is 0 Å². The molecule has 1 saturated heterocycles. The number of thioether (sulfide) groups is 1. The highest BCUT2D eigenvalue weighted by Crippen LogP contribution is 2.32. The molecule has 0 aliphatic carbocycles. The maximum atomic E-state index is 5.54. The van der Waals surface area contributed by atoms with E-state index in [9.17, 15) is 0 Å². The summed E-state index contributed by atoms with van der Waals surface area (Å²) in [5.41, 5.74) is 0.443. The van der Waals surface area contributed by atoms with Crippen molar-refractivity contribution in [1.29, 1.82) is 0 Å². The molecule has 84 valence electrons. The molecule has 0 radical (unpaired) electrons. The second-order valence-electron chi connectivity index (χ2n) is 4.22. The molecule has 1 rings (SSSR count). The molecule has 1 atom stereocenters. The van der Waals surface area contributed by atoms with Crippen LogP contribution in [-0.2, 0) is 4.74 Å². The van der Waals surface area contributed by atoms with E-state index in [4.69, 9.17) is 4.74 Å². The Bertz CT molecular complexity index is 146. The summed E-state index contributed by atoms with van der Waals surface area (Å²) in [6.07, 6.45) is 5.94. The van der Waals surface area contributed by atoms with Gasteiger partial charge in [0.1, 0.15) is 0 Å². The Morgan fingerprint density at radius 3 is 2.93 bits per heavy atom. The normalized spacial score (nSPS) is 27.0. The van der Waals surface area contributed by atoms with Crippen LogP contribution >= 0.6 is 11.8 Å². The Morgan fingerprint density at radius 1 is 1.50 bits per heavy atom. The molecular weight excluding hydrogens is 194 g/mol. The van der Waals surface area contributed by atoms with Gasteiger partial charge in [-0.2, -0.15) is 11.8 Å². The monoisotopic (exact) mass is 217 g/mol. The summed E-state index contributed by atoms with van der Waals surface area (Å²) in [5, 5.41) is 3.54. The molecule has 1 N–H and O–H groups in total. The van der Waals surface area contributed by atoms with E-state index in [0.29, 0.717) is 5.41 Å². The SMILES string of the molecule is CCCNCC1(CCSC)CCOC1. The Labute approximate surface area is 92.2 Å². The fraction of sp³-hybridized carbons (Fsp3) is 1.00. The zero-order valence-electron chi connectivity index (χ0n) is 9.47. The molecule has 2 nitrogen and oxygen atoms in total. The maximum absolute atomic E-state index is 5.54. The van der Waals surface area contributed by atoms with Crippen molar-refractivity contribution in [3.8, 4) is 0 Å². The van der Waals surface area contributed by atoms with E-state index in [1.54, 1.807) is 0 Å². The lowest BCUT2D eigenvalue weighted by Crippen LogP contribution is -2.35. The van der Waals surface area contributed by atoms with Crippen molar-refractivity contribution in [2.24, 2.45) is 5.41 Å². The molecule has 1 unspecified atom stereocenters. The zero-order valence-corrected chi connectivity index (χ0v) is 10.3. The molecule has 1 heterocycles. The minimum atomic E-state index is 0.443. The molecule has 0 saturated carbocycles. The average molecular weight is 217 g/mol. The van der Waals surface area contributed by atoms with Crippen LogP contribution in [0.4, 0.5) is 0 Å². The van der Waals surface area contributed by atoms with Gasteiger partial charge in [0.05, 0.1) is 6.61 Å². The summed E-state index contributed by atoms with van der Waals surface area (Å²) in [6.45, 7) is 6.42. The lowest BCUT2D eigenvalue weighted by Gasteiger charge is -2.27. The number of hydrogen-bond donors (Lipinski definition) is 1. The van der Waals surface area contributed by atoms with Crippen LogP contribution in [0.2, 0.25) is 0 Å². The fourth-order valence-corrected chi connectivity index (χ4v) is 2.56. The van der Waals surface area contributed by atoms with Crippen LogP contribution in [0.25, 0.3) is 0 Å². The summed E-state index contributed by atoms with van der Waals surface area (Å²) in [4.78, 5) is 0. The van der Waals surface area contributed by atoms with Crippen LogP contribution in [0.1, 0.15) is 26.2 Å². The second kappa shape index (κ2) is 6.70. The van der Waals surface area contributed by atoms with E-state index in [0.717, 1.165) is 26.3 Å². The van der Waals surface area contributed by atoms with Gasteiger partial charge < -0.3 is 10.1 Å². The molecule has 0 aromatic heterocycles. The van der Waals surface area contributed by atoms with Crippen molar-refractivity contribution in [3.63, 3.8) is 0 Å². The van der Waals surface area contributed by atoms with Crippen LogP contribution in [0.3, 0.4) is 0 Å². The van der Waals surface area contributed by atoms with Crippen LogP contribution in [0.5, 0.6) is 0 Å². The van der Waals surface area contributed by atoms with Crippen LogP contribution < -0.4 is 5.32 Å². The van der Waals surface area contributed by atoms with Crippen molar-refractivity contribution in [3.05, 3.63) is 0 Å². The standard InChI is InChI=1S/C11H23NOS/c1-3-6-12-9-11(5-8-14-2)4-7-13-10-11/h12H,3-10H2,1-2H3. The van der Waals surface area contributed by atoms with E-state index < -0.39 is 0 Å². The highest BCUT2D eigenvalue weighted by Gasteiger charge is 2.33. The van der Waals surface area contributed by atoms with Gasteiger partial charge in [-0.1, -0.05) is 6.92 Å². The molecule has 0 spiro atoms. The topological polar surface area (TPSA) is 21.3 Å². The molecule has 1 aliphatic rings. The zero-order chi connectivity index (χ0) is 10.3. The highest BCUT2D eigenvalue weighted by atomic mass is 32.2. The number of nitrogens with one attached hydrogen (secondary N) is 1. The molecule has 0 aromatic carbocycles. The summed E-state index contributed by atoms with van der Waals surface area (Å²) in [5.74, 6) is 1.26. The van der Waals surface area contributed by atoms with Crippen LogP contribution in [0.15, 0.2) is 0 Å². The van der Waals surface area contributed by atoms with Crippen molar-refractivity contribution in [2.45, 2.75) is 26.2 Å². The van der Waals surface area contributed by atoms with Gasteiger partial charge in [0.2, 0.25) is 0 Å². The quantitative estimate of drug-likeness (QED) is 0.660. The smallest absolute Gasteiger partial charge is 0.0535 e. The van der Waals surface area contributed by atoms with Gasteiger partial charge in [0.15, 0.2) is 0 Å². The molecule has 14 heavy (non-hydrogen) atoms. The fourth-order valence-electron chi connectivity index (χ4n) is 1.92. The third-order valence-corrected chi connectivity index (χ3v) is 3.56. The van der Waals surface area contributed by atoms with E-state index in [1.807, 2.05) is 11.8 Å². The van der Waals surface area contributed by atoms with E-state index in [-0.39, 0.29) is 0 Å². The number of ether oxygens (including phenoxy) is 1. The molecule has 0 amide bonds. The first-order chi connectivity index (χ1) is 6.83. The third-order valence-electron chi connectivity index (χ3n) is 2.95. The molecule has 1 aliphatic heterocycles. The lowest BCUT2D eigenvalue weighted by molar-refractivity contribution is 0.148. The summed E-state index contributed by atoms with van der Waals surface area (Å²) < 4.78 is 5.54. The molecule has 3 heteroatoms. The number of hydrogen-bond acceptors (Lipinski definition) is 3. The Hall–Kier alpha value is 0.270. The predicted octanol–water partition coefficient (Wildman–Crippen LogP) is 2.15. The van der Waals surface area contributed by atoms with Gasteiger partial charge in [0, 0.05) is 18.6 Å². The highest BCUT2D eigenvalue weighted by molar-refractivity contribution is 7.98. The van der Waals surface area contributed by atoms with Crippen LogP contribution in [0, 0.1) is 5.41 Å². The summed E-state index contributed by atoms with van der Waals surface area (Å²) in [7, 11) is 0. The molecule has 0 aromatic rings. The molecular formula is C11H23NOS.